The summed E-state index contributed by atoms with van der Waals surface area (Å²) in [5.41, 5.74) is 1.44. The molecular weight excluding hydrogens is 246 g/mol. The van der Waals surface area contributed by atoms with Crippen molar-refractivity contribution >= 4 is 0 Å². The third-order valence-corrected chi connectivity index (χ3v) is 4.99. The van der Waals surface area contributed by atoms with E-state index in [0.717, 1.165) is 24.2 Å². The Hall–Kier alpha value is -1.02. The second-order valence-electron chi connectivity index (χ2n) is 6.80. The molecule has 1 N–H and O–H groups in total. The van der Waals surface area contributed by atoms with Crippen LogP contribution in [-0.2, 0) is 0 Å². The van der Waals surface area contributed by atoms with Gasteiger partial charge in [-0.15, -0.1) is 0 Å². The van der Waals surface area contributed by atoms with Gasteiger partial charge in [0.25, 0.3) is 0 Å². The maximum absolute atomic E-state index is 5.84. The molecule has 2 heteroatoms. The lowest BCUT2D eigenvalue weighted by Crippen LogP contribution is -2.31. The maximum atomic E-state index is 5.84. The normalized spacial score (nSPS) is 28.6. The van der Waals surface area contributed by atoms with Crippen LogP contribution in [0.15, 0.2) is 24.3 Å². The summed E-state index contributed by atoms with van der Waals surface area (Å²) in [6, 6.07) is 9.19. The summed E-state index contributed by atoms with van der Waals surface area (Å²) in [5, 5.41) is 3.63. The van der Waals surface area contributed by atoms with Gasteiger partial charge in [0.1, 0.15) is 5.75 Å². The highest BCUT2D eigenvalue weighted by Crippen LogP contribution is 2.43. The zero-order chi connectivity index (χ0) is 13.9. The molecule has 3 atom stereocenters. The molecule has 3 rings (SSSR count). The first-order valence-corrected chi connectivity index (χ1v) is 8.19. The number of para-hydroxylation sites is 1. The Morgan fingerprint density at radius 1 is 1.20 bits per heavy atom. The molecular formula is C18H27NO. The van der Waals surface area contributed by atoms with Crippen molar-refractivity contribution in [2.24, 2.45) is 11.8 Å². The van der Waals surface area contributed by atoms with E-state index in [1.165, 1.54) is 37.8 Å². The Labute approximate surface area is 122 Å². The fourth-order valence-corrected chi connectivity index (χ4v) is 3.87. The monoisotopic (exact) mass is 273 g/mol. The third kappa shape index (κ3) is 3.01. The molecule has 1 heterocycles. The van der Waals surface area contributed by atoms with Gasteiger partial charge in [-0.05, 0) is 37.3 Å². The predicted molar refractivity (Wildman–Crippen MR) is 83.3 cm³/mol. The molecule has 3 unspecified atom stereocenters. The predicted octanol–water partition coefficient (Wildman–Crippen LogP) is 3.97. The molecule has 1 aromatic carbocycles. The zero-order valence-electron chi connectivity index (χ0n) is 12.8. The van der Waals surface area contributed by atoms with Gasteiger partial charge in [0.2, 0.25) is 0 Å². The molecule has 0 radical (unpaired) electrons. The fraction of sp³-hybridized carbons (Fsp3) is 0.667. The fourth-order valence-electron chi connectivity index (χ4n) is 3.87. The van der Waals surface area contributed by atoms with Gasteiger partial charge in [-0.25, -0.2) is 0 Å². The second kappa shape index (κ2) is 6.17. The van der Waals surface area contributed by atoms with E-state index >= 15 is 0 Å². The summed E-state index contributed by atoms with van der Waals surface area (Å²) in [6.07, 6.45) is 5.52. The first kappa shape index (κ1) is 13.9. The minimum absolute atomic E-state index is 0.604. The van der Waals surface area contributed by atoms with Crippen LogP contribution in [0.1, 0.15) is 51.0 Å². The number of ether oxygens (including phenoxy) is 1. The Bertz CT molecular complexity index is 443. The van der Waals surface area contributed by atoms with Gasteiger partial charge in [0.05, 0.1) is 6.61 Å². The summed E-state index contributed by atoms with van der Waals surface area (Å²) in [7, 11) is 0. The van der Waals surface area contributed by atoms with Crippen LogP contribution in [0.4, 0.5) is 0 Å². The minimum atomic E-state index is 0.604. The van der Waals surface area contributed by atoms with E-state index in [0.29, 0.717) is 12.0 Å². The number of fused-ring (bicyclic) bond motifs is 1. The third-order valence-electron chi connectivity index (χ3n) is 4.99. The number of hydrogen-bond acceptors (Lipinski definition) is 2. The molecule has 0 amide bonds. The zero-order valence-corrected chi connectivity index (χ0v) is 12.8. The van der Waals surface area contributed by atoms with E-state index in [4.69, 9.17) is 4.74 Å². The smallest absolute Gasteiger partial charge is 0.122 e. The molecule has 1 fully saturated rings. The van der Waals surface area contributed by atoms with Gasteiger partial charge in [-0.1, -0.05) is 44.9 Å². The SMILES string of the molecule is CC(C)NCC1CCCC1CC1COc2ccccc21. The Morgan fingerprint density at radius 2 is 2.00 bits per heavy atom. The molecule has 1 aliphatic heterocycles. The molecule has 1 aliphatic carbocycles. The molecule has 0 bridgehead atoms. The van der Waals surface area contributed by atoms with E-state index in [-0.39, 0.29) is 0 Å². The van der Waals surface area contributed by atoms with Crippen LogP contribution in [0.3, 0.4) is 0 Å². The van der Waals surface area contributed by atoms with Crippen molar-refractivity contribution < 1.29 is 4.74 Å². The van der Waals surface area contributed by atoms with E-state index in [1.54, 1.807) is 0 Å². The second-order valence-corrected chi connectivity index (χ2v) is 6.80. The van der Waals surface area contributed by atoms with Gasteiger partial charge < -0.3 is 10.1 Å². The Morgan fingerprint density at radius 3 is 2.85 bits per heavy atom. The van der Waals surface area contributed by atoms with Crippen LogP contribution in [0.5, 0.6) is 5.75 Å². The van der Waals surface area contributed by atoms with Gasteiger partial charge in [0, 0.05) is 17.5 Å². The standard InChI is InChI=1S/C18H27NO/c1-13(2)19-11-15-7-5-6-14(15)10-16-12-20-18-9-4-3-8-17(16)18/h3-4,8-9,13-16,19H,5-7,10-12H2,1-2H3. The number of hydrogen-bond donors (Lipinski definition) is 1. The molecule has 1 aromatic rings. The average molecular weight is 273 g/mol. The Balaban J connectivity index is 1.60. The molecule has 110 valence electrons. The van der Waals surface area contributed by atoms with Crippen molar-refractivity contribution in [3.8, 4) is 5.75 Å². The first-order valence-electron chi connectivity index (χ1n) is 8.19. The van der Waals surface area contributed by atoms with Crippen LogP contribution in [0, 0.1) is 11.8 Å². The lowest BCUT2D eigenvalue weighted by molar-refractivity contribution is 0.275. The highest BCUT2D eigenvalue weighted by molar-refractivity contribution is 5.39. The Kier molecular flexibility index (Phi) is 4.30. The lowest BCUT2D eigenvalue weighted by atomic mass is 9.84. The van der Waals surface area contributed by atoms with E-state index in [1.807, 2.05) is 0 Å². The van der Waals surface area contributed by atoms with Crippen molar-refractivity contribution in [1.82, 2.24) is 5.32 Å². The van der Waals surface area contributed by atoms with Crippen LogP contribution >= 0.6 is 0 Å². The number of nitrogens with one attached hydrogen (secondary N) is 1. The van der Waals surface area contributed by atoms with E-state index < -0.39 is 0 Å². The molecule has 1 saturated carbocycles. The van der Waals surface area contributed by atoms with E-state index in [2.05, 4.69) is 43.4 Å². The molecule has 0 aromatic heterocycles. The highest BCUT2D eigenvalue weighted by atomic mass is 16.5. The van der Waals surface area contributed by atoms with Crippen LogP contribution in [-0.4, -0.2) is 19.2 Å². The summed E-state index contributed by atoms with van der Waals surface area (Å²) >= 11 is 0. The van der Waals surface area contributed by atoms with Crippen molar-refractivity contribution in [2.75, 3.05) is 13.2 Å². The maximum Gasteiger partial charge on any atom is 0.122 e. The lowest BCUT2D eigenvalue weighted by Gasteiger charge is -2.23. The molecule has 0 spiro atoms. The van der Waals surface area contributed by atoms with Crippen molar-refractivity contribution in [3.05, 3.63) is 29.8 Å². The summed E-state index contributed by atoms with van der Waals surface area (Å²) in [6.45, 7) is 6.56. The van der Waals surface area contributed by atoms with Crippen LogP contribution in [0.2, 0.25) is 0 Å². The largest absolute Gasteiger partial charge is 0.493 e. The molecule has 2 aliphatic rings. The van der Waals surface area contributed by atoms with Crippen molar-refractivity contribution in [3.63, 3.8) is 0 Å². The summed E-state index contributed by atoms with van der Waals surface area (Å²) in [4.78, 5) is 0. The summed E-state index contributed by atoms with van der Waals surface area (Å²) < 4.78 is 5.84. The van der Waals surface area contributed by atoms with Gasteiger partial charge in [-0.3, -0.25) is 0 Å². The minimum Gasteiger partial charge on any atom is -0.493 e. The first-order chi connectivity index (χ1) is 9.74. The van der Waals surface area contributed by atoms with Crippen molar-refractivity contribution in [2.45, 2.75) is 51.5 Å². The van der Waals surface area contributed by atoms with Crippen LogP contribution < -0.4 is 10.1 Å². The molecule has 0 saturated heterocycles. The average Bonchev–Trinajstić information content (AvgIpc) is 3.05. The highest BCUT2D eigenvalue weighted by Gasteiger charge is 2.32. The molecule has 2 nitrogen and oxygen atoms in total. The van der Waals surface area contributed by atoms with E-state index in [9.17, 15) is 0 Å². The molecule has 20 heavy (non-hydrogen) atoms. The van der Waals surface area contributed by atoms with Gasteiger partial charge in [0.15, 0.2) is 0 Å². The topological polar surface area (TPSA) is 21.3 Å². The number of benzene rings is 1. The van der Waals surface area contributed by atoms with Gasteiger partial charge in [-0.2, -0.15) is 0 Å². The van der Waals surface area contributed by atoms with Crippen molar-refractivity contribution in [1.29, 1.82) is 0 Å². The number of rotatable bonds is 5. The summed E-state index contributed by atoms with van der Waals surface area (Å²) in [5.74, 6) is 3.48. The quantitative estimate of drug-likeness (QED) is 0.876. The van der Waals surface area contributed by atoms with Gasteiger partial charge >= 0.3 is 0 Å². The van der Waals surface area contributed by atoms with Crippen LogP contribution in [0.25, 0.3) is 0 Å².